The molecule has 0 aliphatic rings. The highest BCUT2D eigenvalue weighted by atomic mass is 31.2. The quantitative estimate of drug-likeness (QED) is 0.256. The second-order valence-electron chi connectivity index (χ2n) is 0.447. The molecule has 0 aliphatic heterocycles. The molecule has 7 heteroatoms. The van der Waals surface area contributed by atoms with Crippen LogP contribution in [0.25, 0.3) is 0 Å². The van der Waals surface area contributed by atoms with Crippen LogP contribution in [0.1, 0.15) is 0 Å². The summed E-state index contributed by atoms with van der Waals surface area (Å²) in [7, 11) is -5.39. The molecule has 0 aliphatic carbocycles. The van der Waals surface area contributed by atoms with Crippen molar-refractivity contribution in [1.82, 2.24) is 0 Å². The van der Waals surface area contributed by atoms with Crippen LogP contribution in [0.15, 0.2) is 0 Å². The standard InChI is InChI=1S/Al.H3O4P.H2O/c;1-5(2,3)4;/h;(H3,1,2,3,4);1H2/p-4. The van der Waals surface area contributed by atoms with Gasteiger partial charge >= 0.3 is 0 Å². The molecule has 0 saturated carbocycles. The van der Waals surface area contributed by atoms with Crippen LogP contribution >= 0.6 is 7.82 Å². The zero-order valence-electron chi connectivity index (χ0n) is 3.10. The topological polar surface area (TPSA) is 116 Å². The predicted octanol–water partition coefficient (Wildman–Crippen LogP) is -3.38. The zero-order valence-corrected chi connectivity index (χ0v) is 5.15. The molecule has 43 valence electrons. The fourth-order valence-corrected chi connectivity index (χ4v) is 0. The SMILES string of the molecule is O=P([O-])([O-])[O-].[Al].[OH-]. The smallest absolute Gasteiger partial charge is 0 e. The minimum Gasteiger partial charge on any atom is -0.870 e. The second-order valence-corrected chi connectivity index (χ2v) is 1.34. The van der Waals surface area contributed by atoms with Crippen molar-refractivity contribution in [1.29, 1.82) is 0 Å². The van der Waals surface area contributed by atoms with Gasteiger partial charge in [-0.25, -0.2) is 0 Å². The summed E-state index contributed by atoms with van der Waals surface area (Å²) in [6.07, 6.45) is 0. The van der Waals surface area contributed by atoms with Gasteiger partial charge < -0.3 is 24.7 Å². The average Bonchev–Trinajstić information content (AvgIpc) is 0.722. The van der Waals surface area contributed by atoms with Crippen LogP contribution in [0.3, 0.4) is 0 Å². The second kappa shape index (κ2) is 4.75. The Balaban J connectivity index is -0.0000000800. The largest absolute Gasteiger partial charge is 0.870 e. The van der Waals surface area contributed by atoms with Crippen molar-refractivity contribution in [2.45, 2.75) is 0 Å². The summed E-state index contributed by atoms with van der Waals surface area (Å²) >= 11 is 0. The van der Waals surface area contributed by atoms with E-state index in [1.165, 1.54) is 0 Å². The molecule has 0 aromatic heterocycles. The van der Waals surface area contributed by atoms with Gasteiger partial charge in [-0.2, -0.15) is 7.82 Å². The number of hydrogen-bond donors (Lipinski definition) is 0. The molecule has 1 N–H and O–H groups in total. The normalized spacial score (nSPS) is 8.43. The molecule has 3 radical (unpaired) electrons. The molecule has 0 atom stereocenters. The van der Waals surface area contributed by atoms with Crippen LogP contribution < -0.4 is 14.7 Å². The number of hydrogen-bond acceptors (Lipinski definition) is 5. The molecule has 0 amide bonds. The Morgan fingerprint density at radius 3 is 1.14 bits per heavy atom. The number of phosphoric acid groups is 1. The maximum atomic E-state index is 8.55. The fraction of sp³-hybridized carbons (Fsp3) is 0. The molecule has 0 fully saturated rings. The minimum atomic E-state index is -5.39. The first kappa shape index (κ1) is 15.6. The third-order valence-corrected chi connectivity index (χ3v) is 0. The van der Waals surface area contributed by atoms with Crippen molar-refractivity contribution in [3.05, 3.63) is 0 Å². The van der Waals surface area contributed by atoms with Crippen molar-refractivity contribution in [3.8, 4) is 0 Å². The summed E-state index contributed by atoms with van der Waals surface area (Å²) in [5.41, 5.74) is 0. The van der Waals surface area contributed by atoms with E-state index in [4.69, 9.17) is 19.2 Å². The molecule has 0 aromatic rings. The Morgan fingerprint density at radius 2 is 1.14 bits per heavy atom. The highest BCUT2D eigenvalue weighted by molar-refractivity contribution is 7.40. The molecule has 0 aromatic carbocycles. The molecule has 5 nitrogen and oxygen atoms in total. The van der Waals surface area contributed by atoms with Crippen LogP contribution in [0.2, 0.25) is 0 Å². The highest BCUT2D eigenvalue weighted by Crippen LogP contribution is 2.03. The van der Waals surface area contributed by atoms with Crippen LogP contribution in [0, 0.1) is 0 Å². The van der Waals surface area contributed by atoms with E-state index in [9.17, 15) is 0 Å². The molecule has 0 bridgehead atoms. The molecule has 0 saturated heterocycles. The number of rotatable bonds is 0. The Hall–Kier alpha value is 0.602. The first-order valence-electron chi connectivity index (χ1n) is 0.730. The van der Waals surface area contributed by atoms with Gasteiger partial charge in [-0.05, 0) is 0 Å². The van der Waals surface area contributed by atoms with Gasteiger partial charge in [0.1, 0.15) is 0 Å². The molecule has 0 rings (SSSR count). The summed E-state index contributed by atoms with van der Waals surface area (Å²) in [6, 6.07) is 0. The lowest BCUT2D eigenvalue weighted by molar-refractivity contribution is -0.432. The van der Waals surface area contributed by atoms with E-state index >= 15 is 0 Å². The van der Waals surface area contributed by atoms with Crippen molar-refractivity contribution in [3.63, 3.8) is 0 Å². The molecular formula is HAlO5P-4. The summed E-state index contributed by atoms with van der Waals surface area (Å²) in [4.78, 5) is 25.6. The zero-order chi connectivity index (χ0) is 4.50. The third kappa shape index (κ3) is 385. The van der Waals surface area contributed by atoms with E-state index in [1.807, 2.05) is 0 Å². The van der Waals surface area contributed by atoms with Crippen LogP contribution in [0.4, 0.5) is 0 Å². The molecule has 0 unspecified atom stereocenters. The van der Waals surface area contributed by atoms with Crippen LogP contribution in [0.5, 0.6) is 0 Å². The Labute approximate surface area is 50.7 Å². The van der Waals surface area contributed by atoms with Gasteiger partial charge in [0.2, 0.25) is 0 Å². The van der Waals surface area contributed by atoms with E-state index in [1.54, 1.807) is 0 Å². The van der Waals surface area contributed by atoms with E-state index in [0.29, 0.717) is 0 Å². The van der Waals surface area contributed by atoms with Crippen molar-refractivity contribution >= 4 is 25.2 Å². The van der Waals surface area contributed by atoms with Crippen molar-refractivity contribution in [2.24, 2.45) is 0 Å². The van der Waals surface area contributed by atoms with E-state index in [2.05, 4.69) is 0 Å². The first-order valence-corrected chi connectivity index (χ1v) is 2.19. The van der Waals surface area contributed by atoms with E-state index < -0.39 is 7.82 Å². The summed E-state index contributed by atoms with van der Waals surface area (Å²) in [6.45, 7) is 0. The lowest BCUT2D eigenvalue weighted by Gasteiger charge is -2.36. The lowest BCUT2D eigenvalue weighted by atomic mass is 15.8. The van der Waals surface area contributed by atoms with Gasteiger partial charge in [-0.15, -0.1) is 0 Å². The maximum Gasteiger partial charge on any atom is 0 e. The highest BCUT2D eigenvalue weighted by Gasteiger charge is 1.44. The predicted molar refractivity (Wildman–Crippen MR) is 15.3 cm³/mol. The van der Waals surface area contributed by atoms with Gasteiger partial charge in [0.05, 0.1) is 0 Å². The van der Waals surface area contributed by atoms with Gasteiger partial charge in [0.15, 0.2) is 0 Å². The molecule has 7 heavy (non-hydrogen) atoms. The van der Waals surface area contributed by atoms with Crippen LogP contribution in [-0.4, -0.2) is 22.8 Å². The van der Waals surface area contributed by atoms with Gasteiger partial charge in [-0.3, -0.25) is 0 Å². The van der Waals surface area contributed by atoms with Gasteiger partial charge in [0.25, 0.3) is 0 Å². The maximum absolute atomic E-state index is 8.55. The van der Waals surface area contributed by atoms with Crippen LogP contribution in [-0.2, 0) is 4.57 Å². The summed E-state index contributed by atoms with van der Waals surface area (Å²) in [5, 5.41) is 0. The Morgan fingerprint density at radius 1 is 1.14 bits per heavy atom. The Kier molecular flexibility index (Phi) is 10.6. The van der Waals surface area contributed by atoms with Crippen molar-refractivity contribution < 1.29 is 24.7 Å². The Bertz CT molecular complexity index is 54.2. The molecule has 0 heterocycles. The van der Waals surface area contributed by atoms with Crippen molar-refractivity contribution in [2.75, 3.05) is 0 Å². The lowest BCUT2D eigenvalue weighted by Crippen LogP contribution is -2.24. The van der Waals surface area contributed by atoms with Gasteiger partial charge in [0, 0.05) is 17.4 Å². The first-order chi connectivity index (χ1) is 2.00. The fourth-order valence-electron chi connectivity index (χ4n) is 0. The van der Waals surface area contributed by atoms with Gasteiger partial charge in [-0.1, -0.05) is 0 Å². The summed E-state index contributed by atoms with van der Waals surface area (Å²) < 4.78 is 8.55. The average molecular weight is 139 g/mol. The minimum absolute atomic E-state index is 0. The monoisotopic (exact) mass is 139 g/mol. The van der Waals surface area contributed by atoms with E-state index in [-0.39, 0.29) is 22.8 Å². The third-order valence-electron chi connectivity index (χ3n) is 0. The molecule has 0 spiro atoms. The summed E-state index contributed by atoms with van der Waals surface area (Å²) in [5.74, 6) is 0. The van der Waals surface area contributed by atoms with E-state index in [0.717, 1.165) is 0 Å². The molecular weight excluding hydrogens is 138 g/mol.